The molecule has 1 aromatic rings. The summed E-state index contributed by atoms with van der Waals surface area (Å²) in [5, 5.41) is 2.80. The highest BCUT2D eigenvalue weighted by Crippen LogP contribution is 2.36. The van der Waals surface area contributed by atoms with Crippen LogP contribution in [0.5, 0.6) is 11.5 Å². The minimum absolute atomic E-state index is 0.271. The molecular weight excluding hydrogens is 336 g/mol. The SMILES string of the molecule is CCOc1ccccc1OC(=O)CN1C(=O)NC2(CCC(C)CC2)C1=O. The van der Waals surface area contributed by atoms with Crippen LogP contribution in [0.3, 0.4) is 0 Å². The van der Waals surface area contributed by atoms with Crippen molar-refractivity contribution >= 4 is 17.9 Å². The maximum Gasteiger partial charge on any atom is 0.331 e. The zero-order chi connectivity index (χ0) is 18.7. The van der Waals surface area contributed by atoms with E-state index in [0.29, 0.717) is 31.1 Å². The molecule has 1 saturated carbocycles. The minimum atomic E-state index is -0.854. The maximum atomic E-state index is 12.8. The topological polar surface area (TPSA) is 84.9 Å². The standard InChI is InChI=1S/C19H24N2O5/c1-3-25-14-6-4-5-7-15(14)26-16(22)12-21-17(23)19(20-18(21)24)10-8-13(2)9-11-19/h4-7,13H,3,8-12H2,1-2H3,(H,20,24). The van der Waals surface area contributed by atoms with E-state index in [1.165, 1.54) is 0 Å². The number of rotatable bonds is 5. The monoisotopic (exact) mass is 360 g/mol. The molecule has 2 fully saturated rings. The Kier molecular flexibility index (Phi) is 5.15. The van der Waals surface area contributed by atoms with Gasteiger partial charge in [-0.15, -0.1) is 0 Å². The number of para-hydroxylation sites is 2. The third-order valence-corrected chi connectivity index (χ3v) is 5.03. The van der Waals surface area contributed by atoms with Crippen molar-refractivity contribution in [2.24, 2.45) is 5.92 Å². The number of nitrogens with zero attached hydrogens (tertiary/aromatic N) is 1. The molecule has 26 heavy (non-hydrogen) atoms. The average molecular weight is 360 g/mol. The van der Waals surface area contributed by atoms with Crippen molar-refractivity contribution in [3.8, 4) is 11.5 Å². The maximum absolute atomic E-state index is 12.8. The van der Waals surface area contributed by atoms with Crippen LogP contribution >= 0.6 is 0 Å². The van der Waals surface area contributed by atoms with E-state index >= 15 is 0 Å². The Bertz CT molecular complexity index is 710. The summed E-state index contributed by atoms with van der Waals surface area (Å²) >= 11 is 0. The number of imide groups is 1. The van der Waals surface area contributed by atoms with E-state index in [0.717, 1.165) is 17.7 Å². The van der Waals surface area contributed by atoms with Crippen molar-refractivity contribution in [1.82, 2.24) is 10.2 Å². The van der Waals surface area contributed by atoms with Crippen LogP contribution in [-0.2, 0) is 9.59 Å². The molecule has 0 atom stereocenters. The fourth-order valence-electron chi connectivity index (χ4n) is 3.51. The molecular formula is C19H24N2O5. The lowest BCUT2D eigenvalue weighted by Crippen LogP contribution is -2.49. The molecule has 7 nitrogen and oxygen atoms in total. The zero-order valence-corrected chi connectivity index (χ0v) is 15.1. The van der Waals surface area contributed by atoms with Gasteiger partial charge in [0.2, 0.25) is 0 Å². The summed E-state index contributed by atoms with van der Waals surface area (Å²) in [5.74, 6) is 0.247. The van der Waals surface area contributed by atoms with Gasteiger partial charge < -0.3 is 14.8 Å². The third-order valence-electron chi connectivity index (χ3n) is 5.03. The number of hydrogen-bond acceptors (Lipinski definition) is 5. The van der Waals surface area contributed by atoms with Crippen molar-refractivity contribution in [2.75, 3.05) is 13.2 Å². The Hall–Kier alpha value is -2.57. The number of urea groups is 1. The smallest absolute Gasteiger partial charge is 0.331 e. The average Bonchev–Trinajstić information content (AvgIpc) is 2.84. The van der Waals surface area contributed by atoms with Crippen LogP contribution in [0.4, 0.5) is 4.79 Å². The van der Waals surface area contributed by atoms with Crippen LogP contribution in [-0.4, -0.2) is 41.5 Å². The predicted molar refractivity (Wildman–Crippen MR) is 93.9 cm³/mol. The number of nitrogens with one attached hydrogen (secondary N) is 1. The summed E-state index contributed by atoms with van der Waals surface area (Å²) in [6, 6.07) is 6.26. The molecule has 1 N–H and O–H groups in total. The van der Waals surface area contributed by atoms with Gasteiger partial charge in [-0.2, -0.15) is 0 Å². The quantitative estimate of drug-likeness (QED) is 0.495. The number of esters is 1. The Morgan fingerprint density at radius 1 is 1.23 bits per heavy atom. The molecule has 0 bridgehead atoms. The molecule has 1 aromatic carbocycles. The van der Waals surface area contributed by atoms with Crippen molar-refractivity contribution in [2.45, 2.75) is 45.1 Å². The van der Waals surface area contributed by atoms with Gasteiger partial charge in [0.15, 0.2) is 11.5 Å². The fraction of sp³-hybridized carbons (Fsp3) is 0.526. The summed E-state index contributed by atoms with van der Waals surface area (Å²) in [4.78, 5) is 38.3. The van der Waals surface area contributed by atoms with Gasteiger partial charge in [-0.1, -0.05) is 19.1 Å². The lowest BCUT2D eigenvalue weighted by molar-refractivity contribution is -0.141. The van der Waals surface area contributed by atoms with Gasteiger partial charge in [0, 0.05) is 0 Å². The summed E-state index contributed by atoms with van der Waals surface area (Å²) in [6.45, 7) is 3.99. The highest BCUT2D eigenvalue weighted by atomic mass is 16.6. The number of hydrogen-bond donors (Lipinski definition) is 1. The summed E-state index contributed by atoms with van der Waals surface area (Å²) in [7, 11) is 0. The van der Waals surface area contributed by atoms with Gasteiger partial charge in [0.05, 0.1) is 6.61 Å². The molecule has 1 saturated heterocycles. The van der Waals surface area contributed by atoms with E-state index in [1.54, 1.807) is 24.3 Å². The highest BCUT2D eigenvalue weighted by Gasteiger charge is 2.52. The second-order valence-corrected chi connectivity index (χ2v) is 6.94. The van der Waals surface area contributed by atoms with Gasteiger partial charge in [-0.25, -0.2) is 9.59 Å². The van der Waals surface area contributed by atoms with E-state index in [2.05, 4.69) is 12.2 Å². The Morgan fingerprint density at radius 2 is 1.88 bits per heavy atom. The zero-order valence-electron chi connectivity index (χ0n) is 15.1. The molecule has 0 radical (unpaired) electrons. The van der Waals surface area contributed by atoms with Gasteiger partial charge in [-0.3, -0.25) is 9.69 Å². The number of ether oxygens (including phenoxy) is 2. The van der Waals surface area contributed by atoms with E-state index in [9.17, 15) is 14.4 Å². The van der Waals surface area contributed by atoms with Crippen LogP contribution < -0.4 is 14.8 Å². The molecule has 0 aromatic heterocycles. The summed E-state index contributed by atoms with van der Waals surface area (Å²) in [5.41, 5.74) is -0.854. The first-order chi connectivity index (χ1) is 12.4. The van der Waals surface area contributed by atoms with E-state index in [-0.39, 0.29) is 11.7 Å². The van der Waals surface area contributed by atoms with Crippen molar-refractivity contribution in [1.29, 1.82) is 0 Å². The van der Waals surface area contributed by atoms with E-state index in [1.807, 2.05) is 6.92 Å². The first-order valence-corrected chi connectivity index (χ1v) is 9.02. The van der Waals surface area contributed by atoms with Crippen molar-refractivity contribution in [3.05, 3.63) is 24.3 Å². The Labute approximate surface area is 152 Å². The van der Waals surface area contributed by atoms with Crippen LogP contribution in [0.1, 0.15) is 39.5 Å². The minimum Gasteiger partial charge on any atom is -0.490 e. The van der Waals surface area contributed by atoms with Crippen LogP contribution in [0.25, 0.3) is 0 Å². The lowest BCUT2D eigenvalue weighted by atomic mass is 9.77. The fourth-order valence-corrected chi connectivity index (χ4v) is 3.51. The Balaban J connectivity index is 1.66. The largest absolute Gasteiger partial charge is 0.490 e. The molecule has 1 heterocycles. The van der Waals surface area contributed by atoms with Crippen LogP contribution in [0, 0.1) is 5.92 Å². The Morgan fingerprint density at radius 3 is 2.54 bits per heavy atom. The van der Waals surface area contributed by atoms with Gasteiger partial charge >= 0.3 is 12.0 Å². The molecule has 2 aliphatic rings. The third kappa shape index (κ3) is 3.52. The molecule has 1 aliphatic carbocycles. The van der Waals surface area contributed by atoms with Crippen molar-refractivity contribution in [3.63, 3.8) is 0 Å². The van der Waals surface area contributed by atoms with Crippen LogP contribution in [0.2, 0.25) is 0 Å². The highest BCUT2D eigenvalue weighted by molar-refractivity contribution is 6.08. The predicted octanol–water partition coefficient (Wildman–Crippen LogP) is 2.49. The molecule has 7 heteroatoms. The summed E-state index contributed by atoms with van der Waals surface area (Å²) in [6.07, 6.45) is 2.98. The number of carbonyl (C=O) groups excluding carboxylic acids is 3. The molecule has 1 spiro atoms. The lowest BCUT2D eigenvalue weighted by Gasteiger charge is -2.33. The molecule has 3 amide bonds. The summed E-state index contributed by atoms with van der Waals surface area (Å²) < 4.78 is 10.7. The van der Waals surface area contributed by atoms with Gasteiger partial charge in [0.25, 0.3) is 5.91 Å². The van der Waals surface area contributed by atoms with Gasteiger partial charge in [-0.05, 0) is 50.7 Å². The second-order valence-electron chi connectivity index (χ2n) is 6.94. The van der Waals surface area contributed by atoms with Crippen molar-refractivity contribution < 1.29 is 23.9 Å². The molecule has 140 valence electrons. The van der Waals surface area contributed by atoms with Crippen LogP contribution in [0.15, 0.2) is 24.3 Å². The molecule has 1 aliphatic heterocycles. The molecule has 3 rings (SSSR count). The number of amides is 3. The molecule has 0 unspecified atom stereocenters. The number of carbonyl (C=O) groups is 3. The van der Waals surface area contributed by atoms with Gasteiger partial charge in [0.1, 0.15) is 12.1 Å². The van der Waals surface area contributed by atoms with E-state index < -0.39 is 24.1 Å². The normalized spacial score (nSPS) is 25.3. The first kappa shape index (κ1) is 18.2. The second kappa shape index (κ2) is 7.35. The first-order valence-electron chi connectivity index (χ1n) is 9.02. The van der Waals surface area contributed by atoms with E-state index in [4.69, 9.17) is 9.47 Å². The number of benzene rings is 1.